The Hall–Kier alpha value is -2.61. The number of nitrogens with one attached hydrogen (secondary N) is 1. The van der Waals surface area contributed by atoms with E-state index in [1.54, 1.807) is 37.4 Å². The minimum Gasteiger partial charge on any atom is -0.497 e. The Labute approximate surface area is 164 Å². The molecule has 0 aliphatic carbocycles. The zero-order valence-corrected chi connectivity index (χ0v) is 16.0. The van der Waals surface area contributed by atoms with E-state index in [0.29, 0.717) is 12.2 Å². The second-order valence-corrected chi connectivity index (χ2v) is 6.37. The first-order valence-electron chi connectivity index (χ1n) is 9.15. The summed E-state index contributed by atoms with van der Waals surface area (Å²) in [4.78, 5) is 10.2. The Morgan fingerprint density at radius 2 is 2.00 bits per heavy atom. The maximum Gasteiger partial charge on any atom is 0.337 e. The minimum atomic E-state index is -1.41. The highest BCUT2D eigenvalue weighted by Crippen LogP contribution is 2.34. The molecular formula is C21H27NO6. The normalized spacial score (nSPS) is 18.7. The molecule has 0 aromatic heterocycles. The largest absolute Gasteiger partial charge is 0.497 e. The molecule has 0 radical (unpaired) electrons. The average Bonchev–Trinajstić information content (AvgIpc) is 2.73. The number of carboxylic acids is 1. The summed E-state index contributed by atoms with van der Waals surface area (Å²) in [5.41, 5.74) is 1.20. The van der Waals surface area contributed by atoms with Crippen LogP contribution in [-0.4, -0.2) is 47.6 Å². The van der Waals surface area contributed by atoms with E-state index in [2.05, 4.69) is 12.2 Å². The second kappa shape index (κ2) is 10.7. The third kappa shape index (κ3) is 5.69. The Morgan fingerprint density at radius 1 is 1.29 bits per heavy atom. The minimum absolute atomic E-state index is 0.0467. The number of carbonyl (C=O) groups is 1. The summed E-state index contributed by atoms with van der Waals surface area (Å²) < 4.78 is 10.8. The fourth-order valence-electron chi connectivity index (χ4n) is 2.78. The first-order valence-corrected chi connectivity index (χ1v) is 9.15. The number of rotatable bonds is 6. The van der Waals surface area contributed by atoms with E-state index >= 15 is 0 Å². The molecule has 4 N–H and O–H groups in total. The van der Waals surface area contributed by atoms with Crippen molar-refractivity contribution in [1.29, 1.82) is 0 Å². The second-order valence-electron chi connectivity index (χ2n) is 6.37. The van der Waals surface area contributed by atoms with Gasteiger partial charge in [0.05, 0.1) is 13.2 Å². The van der Waals surface area contributed by atoms with Crippen molar-refractivity contribution in [3.8, 4) is 11.5 Å². The van der Waals surface area contributed by atoms with Crippen molar-refractivity contribution in [2.24, 2.45) is 0 Å². The number of aliphatic hydroxyl groups excluding tert-OH is 2. The van der Waals surface area contributed by atoms with Gasteiger partial charge in [0, 0.05) is 5.56 Å². The number of aliphatic hydroxyl groups is 2. The Morgan fingerprint density at radius 3 is 2.61 bits per heavy atom. The van der Waals surface area contributed by atoms with Crippen LogP contribution in [0.2, 0.25) is 0 Å². The Balaban J connectivity index is 0.000000221. The molecule has 0 bridgehead atoms. The molecule has 0 fully saturated rings. The number of benzene rings is 2. The summed E-state index contributed by atoms with van der Waals surface area (Å²) in [7, 11) is 1.62. The molecule has 152 valence electrons. The standard InChI is InChI=1S/C13H19NO3.C8H8O3/c1-3-6-14-11-8-17-12-5-4-9(16-2)7-10(12)13(11)15;9-7(8(10)11)6-4-2-1-3-5-6/h4-5,7,11,13-15H,3,6,8H2,1-2H3;1-5,7,9H,(H,10,11)/t11-,13-;7-/m10/s1. The van der Waals surface area contributed by atoms with Crippen molar-refractivity contribution in [3.63, 3.8) is 0 Å². The van der Waals surface area contributed by atoms with Gasteiger partial charge in [-0.3, -0.25) is 0 Å². The van der Waals surface area contributed by atoms with Gasteiger partial charge in [0.25, 0.3) is 0 Å². The van der Waals surface area contributed by atoms with Gasteiger partial charge in [-0.25, -0.2) is 4.79 Å². The molecule has 28 heavy (non-hydrogen) atoms. The molecule has 2 aromatic rings. The van der Waals surface area contributed by atoms with E-state index in [9.17, 15) is 9.90 Å². The molecule has 7 nitrogen and oxygen atoms in total. The van der Waals surface area contributed by atoms with Crippen molar-refractivity contribution in [2.75, 3.05) is 20.3 Å². The van der Waals surface area contributed by atoms with Gasteiger partial charge in [0.1, 0.15) is 24.2 Å². The van der Waals surface area contributed by atoms with Gasteiger partial charge in [-0.2, -0.15) is 0 Å². The van der Waals surface area contributed by atoms with E-state index in [1.165, 1.54) is 0 Å². The SMILES string of the molecule is CCCN[C@@H]1COc2ccc(OC)cc2[C@H]1O.O=C(O)[C@@H](O)c1ccccc1. The van der Waals surface area contributed by atoms with E-state index in [4.69, 9.17) is 19.7 Å². The summed E-state index contributed by atoms with van der Waals surface area (Å²) in [5.74, 6) is 0.256. The van der Waals surface area contributed by atoms with Gasteiger partial charge in [0.15, 0.2) is 6.10 Å². The van der Waals surface area contributed by atoms with Gasteiger partial charge in [-0.1, -0.05) is 37.3 Å². The van der Waals surface area contributed by atoms with Crippen LogP contribution >= 0.6 is 0 Å². The number of methoxy groups -OCH3 is 1. The van der Waals surface area contributed by atoms with Crippen LogP contribution in [0.1, 0.15) is 36.7 Å². The van der Waals surface area contributed by atoms with Crippen LogP contribution in [0, 0.1) is 0 Å². The number of hydrogen-bond acceptors (Lipinski definition) is 6. The quantitative estimate of drug-likeness (QED) is 0.600. The molecule has 1 heterocycles. The van der Waals surface area contributed by atoms with E-state index < -0.39 is 18.2 Å². The van der Waals surface area contributed by atoms with Gasteiger partial charge in [-0.05, 0) is 36.7 Å². The molecule has 0 saturated heterocycles. The van der Waals surface area contributed by atoms with Crippen molar-refractivity contribution < 1.29 is 29.6 Å². The lowest BCUT2D eigenvalue weighted by atomic mass is 9.99. The lowest BCUT2D eigenvalue weighted by Crippen LogP contribution is -2.42. The van der Waals surface area contributed by atoms with Crippen LogP contribution in [0.5, 0.6) is 11.5 Å². The highest BCUT2D eigenvalue weighted by atomic mass is 16.5. The van der Waals surface area contributed by atoms with Gasteiger partial charge >= 0.3 is 5.97 Å². The number of carboxylic acid groups (broad SMARTS) is 1. The van der Waals surface area contributed by atoms with Gasteiger partial charge < -0.3 is 30.1 Å². The van der Waals surface area contributed by atoms with Crippen LogP contribution in [0.15, 0.2) is 48.5 Å². The fourth-order valence-corrected chi connectivity index (χ4v) is 2.78. The zero-order chi connectivity index (χ0) is 20.5. The molecule has 1 aliphatic heterocycles. The van der Waals surface area contributed by atoms with Gasteiger partial charge in [0.2, 0.25) is 0 Å². The molecular weight excluding hydrogens is 362 g/mol. The van der Waals surface area contributed by atoms with Gasteiger partial charge in [-0.15, -0.1) is 0 Å². The molecule has 3 atom stereocenters. The number of ether oxygens (including phenoxy) is 2. The molecule has 3 rings (SSSR count). The van der Waals surface area contributed by atoms with Crippen molar-refractivity contribution in [2.45, 2.75) is 31.6 Å². The van der Waals surface area contributed by atoms with Crippen LogP contribution in [0.3, 0.4) is 0 Å². The highest BCUT2D eigenvalue weighted by Gasteiger charge is 2.29. The zero-order valence-electron chi connectivity index (χ0n) is 16.0. The smallest absolute Gasteiger partial charge is 0.337 e. The fraction of sp³-hybridized carbons (Fsp3) is 0.381. The first kappa shape index (κ1) is 21.7. The topological polar surface area (TPSA) is 108 Å². The first-order chi connectivity index (χ1) is 13.5. The molecule has 0 unspecified atom stereocenters. The monoisotopic (exact) mass is 389 g/mol. The Bertz CT molecular complexity index is 752. The number of hydrogen-bond donors (Lipinski definition) is 4. The maximum absolute atomic E-state index is 10.3. The lowest BCUT2D eigenvalue weighted by Gasteiger charge is -2.31. The van der Waals surface area contributed by atoms with E-state index in [0.717, 1.165) is 30.0 Å². The molecule has 7 heteroatoms. The van der Waals surface area contributed by atoms with Crippen LogP contribution < -0.4 is 14.8 Å². The predicted octanol–water partition coefficient (Wildman–Crippen LogP) is 2.29. The van der Waals surface area contributed by atoms with Crippen LogP contribution in [0.4, 0.5) is 0 Å². The van der Waals surface area contributed by atoms with Crippen molar-refractivity contribution in [1.82, 2.24) is 5.32 Å². The average molecular weight is 389 g/mol. The third-order valence-corrected chi connectivity index (χ3v) is 4.34. The third-order valence-electron chi connectivity index (χ3n) is 4.34. The molecule has 0 amide bonds. The number of fused-ring (bicyclic) bond motifs is 1. The van der Waals surface area contributed by atoms with Crippen molar-refractivity contribution in [3.05, 3.63) is 59.7 Å². The molecule has 2 aromatic carbocycles. The summed E-state index contributed by atoms with van der Waals surface area (Å²) in [5, 5.41) is 30.9. The predicted molar refractivity (Wildman–Crippen MR) is 105 cm³/mol. The van der Waals surface area contributed by atoms with E-state index in [1.807, 2.05) is 18.2 Å². The molecule has 0 saturated carbocycles. The van der Waals surface area contributed by atoms with Crippen LogP contribution in [-0.2, 0) is 4.79 Å². The summed E-state index contributed by atoms with van der Waals surface area (Å²) >= 11 is 0. The molecule has 0 spiro atoms. The lowest BCUT2D eigenvalue weighted by molar-refractivity contribution is -0.146. The Kier molecular flexibility index (Phi) is 8.25. The summed E-state index contributed by atoms with van der Waals surface area (Å²) in [6.45, 7) is 3.48. The summed E-state index contributed by atoms with van der Waals surface area (Å²) in [6, 6.07) is 13.7. The summed E-state index contributed by atoms with van der Waals surface area (Å²) in [6.07, 6.45) is -0.912. The van der Waals surface area contributed by atoms with E-state index in [-0.39, 0.29) is 6.04 Å². The maximum atomic E-state index is 10.3. The molecule has 1 aliphatic rings. The van der Waals surface area contributed by atoms with Crippen LogP contribution in [0.25, 0.3) is 0 Å². The van der Waals surface area contributed by atoms with Crippen molar-refractivity contribution >= 4 is 5.97 Å². The highest BCUT2D eigenvalue weighted by molar-refractivity contribution is 5.73. The number of aliphatic carboxylic acids is 1.